The van der Waals surface area contributed by atoms with Gasteiger partial charge in [0.25, 0.3) is 0 Å². The molecule has 0 unspecified atom stereocenters. The molecule has 90 valence electrons. The fourth-order valence-corrected chi connectivity index (χ4v) is 3.36. The molecule has 1 nitrogen and oxygen atoms in total. The predicted molar refractivity (Wildman–Crippen MR) is 69.7 cm³/mol. The van der Waals surface area contributed by atoms with Crippen LogP contribution in [-0.4, -0.2) is 14.4 Å². The highest BCUT2D eigenvalue weighted by Crippen LogP contribution is 2.39. The molecule has 0 saturated heterocycles. The Bertz CT molecular complexity index is 197. The van der Waals surface area contributed by atoms with Gasteiger partial charge in [0.15, 0.2) is 8.32 Å². The van der Waals surface area contributed by atoms with Crippen molar-refractivity contribution in [1.82, 2.24) is 0 Å². The normalized spacial score (nSPS) is 29.2. The summed E-state index contributed by atoms with van der Waals surface area (Å²) < 4.78 is 6.43. The van der Waals surface area contributed by atoms with Gasteiger partial charge in [0.1, 0.15) is 0 Å². The molecule has 0 N–H and O–H groups in total. The molecule has 0 spiro atoms. The van der Waals surface area contributed by atoms with Gasteiger partial charge < -0.3 is 4.43 Å². The van der Waals surface area contributed by atoms with E-state index in [4.69, 9.17) is 4.43 Å². The zero-order valence-corrected chi connectivity index (χ0v) is 12.4. The van der Waals surface area contributed by atoms with Gasteiger partial charge in [0.2, 0.25) is 0 Å². The van der Waals surface area contributed by atoms with E-state index >= 15 is 0 Å². The second-order valence-electron chi connectivity index (χ2n) is 6.76. The molecule has 2 heteroatoms. The minimum atomic E-state index is -1.51. The van der Waals surface area contributed by atoms with Crippen molar-refractivity contribution in [3.05, 3.63) is 0 Å². The molecule has 1 saturated carbocycles. The van der Waals surface area contributed by atoms with Crippen molar-refractivity contribution in [2.45, 2.75) is 77.6 Å². The van der Waals surface area contributed by atoms with E-state index in [0.29, 0.717) is 11.1 Å². The lowest BCUT2D eigenvalue weighted by Crippen LogP contribution is -2.44. The number of hydrogen-bond donors (Lipinski definition) is 0. The third-order valence-electron chi connectivity index (χ3n) is 4.23. The molecule has 0 heterocycles. The maximum atomic E-state index is 6.43. The van der Waals surface area contributed by atoms with Crippen LogP contribution in [0.25, 0.3) is 0 Å². The summed E-state index contributed by atoms with van der Waals surface area (Å²) in [6.45, 7) is 14.1. The Morgan fingerprint density at radius 1 is 1.00 bits per heavy atom. The van der Waals surface area contributed by atoms with Crippen LogP contribution in [0.3, 0.4) is 0 Å². The van der Waals surface area contributed by atoms with Crippen LogP contribution in [0.5, 0.6) is 0 Å². The molecule has 1 rings (SSSR count). The second-order valence-corrected chi connectivity index (χ2v) is 11.5. The summed E-state index contributed by atoms with van der Waals surface area (Å²) in [6, 6.07) is 0. The first kappa shape index (κ1) is 13.2. The van der Waals surface area contributed by atoms with Crippen LogP contribution in [0.4, 0.5) is 0 Å². The number of rotatable bonds is 2. The Balaban J connectivity index is 2.48. The Hall–Kier alpha value is 0.177. The first-order valence-electron chi connectivity index (χ1n) is 6.40. The first-order chi connectivity index (χ1) is 6.72. The zero-order chi connectivity index (χ0) is 11.7. The molecule has 0 bridgehead atoms. The molecule has 0 aliphatic heterocycles. The van der Waals surface area contributed by atoms with Crippen LogP contribution in [0.2, 0.25) is 18.1 Å². The molecule has 1 aliphatic carbocycles. The Morgan fingerprint density at radius 2 is 1.47 bits per heavy atom. The van der Waals surface area contributed by atoms with Gasteiger partial charge in [-0.1, -0.05) is 27.7 Å². The third kappa shape index (κ3) is 3.60. The van der Waals surface area contributed by atoms with Gasteiger partial charge in [0, 0.05) is 6.10 Å². The molecule has 0 atom stereocenters. The fourth-order valence-electron chi connectivity index (χ4n) is 1.94. The Kier molecular flexibility index (Phi) is 4.05. The lowest BCUT2D eigenvalue weighted by atomic mass is 9.89. The Labute approximate surface area is 96.7 Å². The van der Waals surface area contributed by atoms with E-state index in [-0.39, 0.29) is 0 Å². The minimum Gasteiger partial charge on any atom is -0.414 e. The standard InChI is InChI=1S/C13H28OSi/c1-11-7-9-12(10-8-11)14-15(5,6)13(2,3)4/h11-12H,7-10H2,1-6H3. The average molecular weight is 228 g/mol. The van der Waals surface area contributed by atoms with Crippen molar-refractivity contribution in [2.75, 3.05) is 0 Å². The van der Waals surface area contributed by atoms with Gasteiger partial charge in [-0.15, -0.1) is 0 Å². The first-order valence-corrected chi connectivity index (χ1v) is 9.31. The highest BCUT2D eigenvalue weighted by Gasteiger charge is 2.39. The van der Waals surface area contributed by atoms with E-state index in [1.54, 1.807) is 0 Å². The predicted octanol–water partition coefficient (Wildman–Crippen LogP) is 4.59. The van der Waals surface area contributed by atoms with E-state index < -0.39 is 8.32 Å². The average Bonchev–Trinajstić information content (AvgIpc) is 2.06. The summed E-state index contributed by atoms with van der Waals surface area (Å²) in [7, 11) is -1.51. The maximum Gasteiger partial charge on any atom is 0.192 e. The van der Waals surface area contributed by atoms with E-state index in [1.165, 1.54) is 25.7 Å². The molecule has 1 fully saturated rings. The number of hydrogen-bond acceptors (Lipinski definition) is 1. The molecule has 0 amide bonds. The highest BCUT2D eigenvalue weighted by molar-refractivity contribution is 6.74. The topological polar surface area (TPSA) is 9.23 Å². The van der Waals surface area contributed by atoms with Crippen molar-refractivity contribution in [3.8, 4) is 0 Å². The molecular formula is C13H28OSi. The largest absolute Gasteiger partial charge is 0.414 e. The van der Waals surface area contributed by atoms with Crippen LogP contribution < -0.4 is 0 Å². The summed E-state index contributed by atoms with van der Waals surface area (Å²) in [5.74, 6) is 0.921. The SMILES string of the molecule is CC1CCC(O[Si](C)(C)C(C)(C)C)CC1. The smallest absolute Gasteiger partial charge is 0.192 e. The van der Waals surface area contributed by atoms with E-state index in [0.717, 1.165) is 5.92 Å². The summed E-state index contributed by atoms with van der Waals surface area (Å²) in [5, 5.41) is 0.357. The van der Waals surface area contributed by atoms with Crippen LogP contribution in [0.1, 0.15) is 53.4 Å². The monoisotopic (exact) mass is 228 g/mol. The molecular weight excluding hydrogens is 200 g/mol. The van der Waals surface area contributed by atoms with Crippen molar-refractivity contribution in [3.63, 3.8) is 0 Å². The van der Waals surface area contributed by atoms with Crippen LogP contribution >= 0.6 is 0 Å². The fraction of sp³-hybridized carbons (Fsp3) is 1.00. The van der Waals surface area contributed by atoms with Crippen molar-refractivity contribution < 1.29 is 4.43 Å². The highest BCUT2D eigenvalue weighted by atomic mass is 28.4. The van der Waals surface area contributed by atoms with Crippen molar-refractivity contribution in [2.24, 2.45) is 5.92 Å². The van der Waals surface area contributed by atoms with Gasteiger partial charge in [-0.2, -0.15) is 0 Å². The van der Waals surface area contributed by atoms with Crippen molar-refractivity contribution in [1.29, 1.82) is 0 Å². The summed E-state index contributed by atoms with van der Waals surface area (Å²) in [6.07, 6.45) is 5.85. The summed E-state index contributed by atoms with van der Waals surface area (Å²) in [5.41, 5.74) is 0. The molecule has 0 aromatic rings. The van der Waals surface area contributed by atoms with Gasteiger partial charge in [-0.25, -0.2) is 0 Å². The molecule has 1 aliphatic rings. The van der Waals surface area contributed by atoms with Crippen LogP contribution in [0, 0.1) is 5.92 Å². The quantitative estimate of drug-likeness (QED) is 0.628. The molecule has 15 heavy (non-hydrogen) atoms. The van der Waals surface area contributed by atoms with Gasteiger partial charge in [0.05, 0.1) is 0 Å². The minimum absolute atomic E-state index is 0.357. The van der Waals surface area contributed by atoms with Gasteiger partial charge >= 0.3 is 0 Å². The van der Waals surface area contributed by atoms with E-state index in [9.17, 15) is 0 Å². The van der Waals surface area contributed by atoms with Gasteiger partial charge in [-0.05, 0) is 49.7 Å². The van der Waals surface area contributed by atoms with E-state index in [2.05, 4.69) is 40.8 Å². The maximum absolute atomic E-state index is 6.43. The zero-order valence-electron chi connectivity index (χ0n) is 11.4. The van der Waals surface area contributed by atoms with Gasteiger partial charge in [-0.3, -0.25) is 0 Å². The molecule has 0 radical (unpaired) electrons. The van der Waals surface area contributed by atoms with Crippen molar-refractivity contribution >= 4 is 8.32 Å². The lowest BCUT2D eigenvalue weighted by molar-refractivity contribution is 0.120. The summed E-state index contributed by atoms with van der Waals surface area (Å²) in [4.78, 5) is 0. The lowest BCUT2D eigenvalue weighted by Gasteiger charge is -2.41. The Morgan fingerprint density at radius 3 is 1.87 bits per heavy atom. The third-order valence-corrected chi connectivity index (χ3v) is 8.77. The second kappa shape index (κ2) is 4.58. The molecule has 0 aromatic carbocycles. The van der Waals surface area contributed by atoms with E-state index in [1.807, 2.05) is 0 Å². The van der Waals surface area contributed by atoms with Crippen LogP contribution in [-0.2, 0) is 4.43 Å². The van der Waals surface area contributed by atoms with Crippen LogP contribution in [0.15, 0.2) is 0 Å². The summed E-state index contributed by atoms with van der Waals surface area (Å²) >= 11 is 0. The molecule has 0 aromatic heterocycles.